The van der Waals surface area contributed by atoms with E-state index in [4.69, 9.17) is 10.5 Å². The molecule has 1 aliphatic heterocycles. The Bertz CT molecular complexity index is 397. The first-order chi connectivity index (χ1) is 8.27. The van der Waals surface area contributed by atoms with Crippen molar-refractivity contribution in [1.82, 2.24) is 20.3 Å². The summed E-state index contributed by atoms with van der Waals surface area (Å²) in [6.07, 6.45) is 2.06. The average Bonchev–Trinajstić information content (AvgIpc) is 2.96. The number of nitrogens with one attached hydrogen (secondary N) is 1. The summed E-state index contributed by atoms with van der Waals surface area (Å²) in [5.74, 6) is -0.447. The van der Waals surface area contributed by atoms with Gasteiger partial charge in [0.2, 0.25) is 0 Å². The summed E-state index contributed by atoms with van der Waals surface area (Å²) in [5, 5.41) is 11.2. The molecule has 0 amide bonds. The fourth-order valence-electron chi connectivity index (χ4n) is 2.11. The summed E-state index contributed by atoms with van der Waals surface area (Å²) in [6, 6.07) is 0.116. The van der Waals surface area contributed by atoms with Gasteiger partial charge >= 0.3 is 5.97 Å². The highest BCUT2D eigenvalue weighted by Gasteiger charge is 2.28. The Hall–Kier alpha value is -1.47. The zero-order valence-electron chi connectivity index (χ0n) is 9.85. The van der Waals surface area contributed by atoms with Crippen LogP contribution in [0.2, 0.25) is 0 Å². The maximum atomic E-state index is 11.6. The predicted octanol–water partition coefficient (Wildman–Crippen LogP) is -0.552. The van der Waals surface area contributed by atoms with Crippen LogP contribution in [0.3, 0.4) is 0 Å². The molecule has 0 spiro atoms. The predicted molar refractivity (Wildman–Crippen MR) is 60.4 cm³/mol. The van der Waals surface area contributed by atoms with E-state index >= 15 is 0 Å². The van der Waals surface area contributed by atoms with Crippen molar-refractivity contribution in [2.45, 2.75) is 25.4 Å². The van der Waals surface area contributed by atoms with Gasteiger partial charge < -0.3 is 15.8 Å². The molecule has 1 aliphatic rings. The lowest BCUT2D eigenvalue weighted by Crippen LogP contribution is -2.22. The van der Waals surface area contributed by atoms with Gasteiger partial charge in [0.05, 0.1) is 25.4 Å². The summed E-state index contributed by atoms with van der Waals surface area (Å²) in [7, 11) is 1.34. The molecule has 3 N–H and O–H groups in total. The zero-order chi connectivity index (χ0) is 12.3. The number of nitrogens with zero attached hydrogens (tertiary/aromatic N) is 3. The molecule has 1 saturated heterocycles. The number of hydrogen-bond acceptors (Lipinski definition) is 6. The quantitative estimate of drug-likeness (QED) is 0.684. The zero-order valence-corrected chi connectivity index (χ0v) is 9.85. The van der Waals surface area contributed by atoms with E-state index in [1.165, 1.54) is 7.11 Å². The number of carbonyl (C=O) groups excluding carboxylic acids is 1. The van der Waals surface area contributed by atoms with Crippen LogP contribution in [-0.4, -0.2) is 41.2 Å². The second-order valence-electron chi connectivity index (χ2n) is 3.98. The standard InChI is InChI=1S/C10H17N5O2/c1-17-10(16)8-9(7-3-2-5-12-7)15(6-4-11)14-13-8/h7,12H,2-6,11H2,1H3. The van der Waals surface area contributed by atoms with Crippen molar-refractivity contribution in [3.8, 4) is 0 Å². The molecule has 0 bridgehead atoms. The molecule has 7 nitrogen and oxygen atoms in total. The van der Waals surface area contributed by atoms with Crippen molar-refractivity contribution < 1.29 is 9.53 Å². The Morgan fingerprint density at radius 3 is 3.12 bits per heavy atom. The molecule has 2 rings (SSSR count). The average molecular weight is 239 g/mol. The molecule has 2 heterocycles. The molecule has 7 heteroatoms. The number of aromatic nitrogens is 3. The number of hydrogen-bond donors (Lipinski definition) is 2. The molecule has 1 atom stereocenters. The Labute approximate surface area is 99.3 Å². The minimum Gasteiger partial charge on any atom is -0.464 e. The number of esters is 1. The largest absolute Gasteiger partial charge is 0.464 e. The first kappa shape index (κ1) is 12.0. The van der Waals surface area contributed by atoms with Crippen molar-refractivity contribution in [2.24, 2.45) is 5.73 Å². The first-order valence-corrected chi connectivity index (χ1v) is 5.73. The van der Waals surface area contributed by atoms with Gasteiger partial charge in [0.25, 0.3) is 0 Å². The van der Waals surface area contributed by atoms with Gasteiger partial charge in [-0.3, -0.25) is 0 Å². The molecule has 1 unspecified atom stereocenters. The number of methoxy groups -OCH3 is 1. The molecule has 94 valence electrons. The third-order valence-electron chi connectivity index (χ3n) is 2.88. The van der Waals surface area contributed by atoms with Gasteiger partial charge in [-0.05, 0) is 19.4 Å². The lowest BCUT2D eigenvalue weighted by atomic mass is 10.1. The molecule has 0 radical (unpaired) electrons. The number of carbonyl (C=O) groups is 1. The van der Waals surface area contributed by atoms with E-state index in [1.807, 2.05) is 0 Å². The maximum absolute atomic E-state index is 11.6. The van der Waals surface area contributed by atoms with Crippen LogP contribution in [0.1, 0.15) is 35.1 Å². The highest BCUT2D eigenvalue weighted by molar-refractivity contribution is 5.88. The highest BCUT2D eigenvalue weighted by atomic mass is 16.5. The van der Waals surface area contributed by atoms with Crippen LogP contribution in [-0.2, 0) is 11.3 Å². The van der Waals surface area contributed by atoms with Gasteiger partial charge in [-0.2, -0.15) is 0 Å². The molecule has 0 saturated carbocycles. The Balaban J connectivity index is 2.34. The maximum Gasteiger partial charge on any atom is 0.360 e. The fraction of sp³-hybridized carbons (Fsp3) is 0.700. The Kier molecular flexibility index (Phi) is 3.70. The number of rotatable bonds is 4. The summed E-state index contributed by atoms with van der Waals surface area (Å²) < 4.78 is 6.40. The van der Waals surface area contributed by atoms with Gasteiger partial charge in [0.15, 0.2) is 5.69 Å². The van der Waals surface area contributed by atoms with Crippen LogP contribution in [0, 0.1) is 0 Å². The summed E-state index contributed by atoms with van der Waals surface area (Å²) in [6.45, 7) is 1.96. The Morgan fingerprint density at radius 1 is 1.71 bits per heavy atom. The lowest BCUT2D eigenvalue weighted by molar-refractivity contribution is 0.0591. The number of nitrogens with two attached hydrogens (primary N) is 1. The van der Waals surface area contributed by atoms with E-state index in [9.17, 15) is 4.79 Å². The molecule has 0 aliphatic carbocycles. The van der Waals surface area contributed by atoms with Crippen LogP contribution in [0.15, 0.2) is 0 Å². The van der Waals surface area contributed by atoms with Crippen molar-refractivity contribution in [1.29, 1.82) is 0 Å². The highest BCUT2D eigenvalue weighted by Crippen LogP contribution is 2.25. The Morgan fingerprint density at radius 2 is 2.53 bits per heavy atom. The SMILES string of the molecule is COC(=O)c1nnn(CCN)c1C1CCCN1. The monoisotopic (exact) mass is 239 g/mol. The summed E-state index contributed by atoms with van der Waals surface area (Å²) in [4.78, 5) is 11.6. The molecule has 17 heavy (non-hydrogen) atoms. The van der Waals surface area contributed by atoms with Crippen molar-refractivity contribution in [2.75, 3.05) is 20.2 Å². The third kappa shape index (κ3) is 2.29. The van der Waals surface area contributed by atoms with Crippen LogP contribution in [0.5, 0.6) is 0 Å². The van der Waals surface area contributed by atoms with E-state index < -0.39 is 5.97 Å². The minimum absolute atomic E-state index is 0.116. The van der Waals surface area contributed by atoms with Crippen molar-refractivity contribution >= 4 is 5.97 Å². The van der Waals surface area contributed by atoms with Gasteiger partial charge in [0, 0.05) is 6.54 Å². The second-order valence-corrected chi connectivity index (χ2v) is 3.98. The van der Waals surface area contributed by atoms with Gasteiger partial charge in [0.1, 0.15) is 0 Å². The van der Waals surface area contributed by atoms with Crippen LogP contribution < -0.4 is 11.1 Å². The summed E-state index contributed by atoms with van der Waals surface area (Å²) >= 11 is 0. The molecule has 1 fully saturated rings. The van der Waals surface area contributed by atoms with Crippen LogP contribution in [0.4, 0.5) is 0 Å². The van der Waals surface area contributed by atoms with E-state index in [0.29, 0.717) is 18.8 Å². The molecular formula is C10H17N5O2. The molecule has 1 aromatic rings. The van der Waals surface area contributed by atoms with E-state index in [1.54, 1.807) is 4.68 Å². The number of ether oxygens (including phenoxy) is 1. The lowest BCUT2D eigenvalue weighted by Gasteiger charge is -2.13. The molecule has 0 aromatic carbocycles. The van der Waals surface area contributed by atoms with E-state index in [-0.39, 0.29) is 6.04 Å². The topological polar surface area (TPSA) is 95.1 Å². The van der Waals surface area contributed by atoms with E-state index in [0.717, 1.165) is 25.1 Å². The van der Waals surface area contributed by atoms with Gasteiger partial charge in [-0.15, -0.1) is 5.10 Å². The fourth-order valence-corrected chi connectivity index (χ4v) is 2.11. The van der Waals surface area contributed by atoms with Crippen molar-refractivity contribution in [3.05, 3.63) is 11.4 Å². The summed E-state index contributed by atoms with van der Waals surface area (Å²) in [5.41, 5.74) is 6.60. The second kappa shape index (κ2) is 5.24. The normalized spacial score (nSPS) is 19.5. The minimum atomic E-state index is -0.447. The first-order valence-electron chi connectivity index (χ1n) is 5.73. The van der Waals surface area contributed by atoms with Gasteiger partial charge in [-0.1, -0.05) is 5.21 Å². The van der Waals surface area contributed by atoms with Crippen molar-refractivity contribution in [3.63, 3.8) is 0 Å². The third-order valence-corrected chi connectivity index (χ3v) is 2.88. The van der Waals surface area contributed by atoms with Crippen LogP contribution in [0.25, 0.3) is 0 Å². The molecule has 1 aromatic heterocycles. The van der Waals surface area contributed by atoms with E-state index in [2.05, 4.69) is 15.6 Å². The molecular weight excluding hydrogens is 222 g/mol. The smallest absolute Gasteiger partial charge is 0.360 e. The van der Waals surface area contributed by atoms with Crippen LogP contribution >= 0.6 is 0 Å². The van der Waals surface area contributed by atoms with Gasteiger partial charge in [-0.25, -0.2) is 9.48 Å².